The van der Waals surface area contributed by atoms with Gasteiger partial charge < -0.3 is 15.2 Å². The number of thiocarbonyl (C=S) groups is 1. The number of nitrogens with one attached hydrogen (secondary N) is 1. The number of carbonyl (C=O) groups excluding carboxylic acids is 1. The van der Waals surface area contributed by atoms with Crippen LogP contribution in [0.4, 0.5) is 10.5 Å². The molecule has 6 heteroatoms. The minimum Gasteiger partial charge on any atom is -0.496 e. The molecule has 0 spiro atoms. The second-order valence-electron chi connectivity index (χ2n) is 5.30. The molecule has 0 aliphatic carbocycles. The molecular formula is C14H20N2O3S. The van der Waals surface area contributed by atoms with Crippen LogP contribution < -0.4 is 15.8 Å². The fourth-order valence-corrected chi connectivity index (χ4v) is 1.73. The Morgan fingerprint density at radius 3 is 2.55 bits per heavy atom. The molecule has 1 rings (SSSR count). The van der Waals surface area contributed by atoms with E-state index in [9.17, 15) is 4.79 Å². The van der Waals surface area contributed by atoms with Gasteiger partial charge in [0.25, 0.3) is 0 Å². The minimum atomic E-state index is -0.542. The molecule has 0 saturated carbocycles. The molecule has 0 unspecified atom stereocenters. The van der Waals surface area contributed by atoms with Crippen molar-refractivity contribution in [3.63, 3.8) is 0 Å². The minimum absolute atomic E-state index is 0.385. The molecule has 1 aromatic carbocycles. The summed E-state index contributed by atoms with van der Waals surface area (Å²) >= 11 is 4.88. The van der Waals surface area contributed by atoms with Gasteiger partial charge in [-0.1, -0.05) is 18.3 Å². The Balaban J connectivity index is 2.82. The van der Waals surface area contributed by atoms with Crippen LogP contribution in [-0.2, 0) is 11.2 Å². The Morgan fingerprint density at radius 1 is 1.40 bits per heavy atom. The number of benzene rings is 1. The van der Waals surface area contributed by atoms with Crippen molar-refractivity contribution in [1.82, 2.24) is 0 Å². The average molecular weight is 296 g/mol. The third kappa shape index (κ3) is 5.44. The molecule has 0 aliphatic heterocycles. The SMILES string of the molecule is COc1cc(NC(=O)OC(C)(C)C)ccc1CC(N)=S. The molecule has 110 valence electrons. The first-order valence-electron chi connectivity index (χ1n) is 6.16. The van der Waals surface area contributed by atoms with Gasteiger partial charge in [-0.2, -0.15) is 0 Å². The van der Waals surface area contributed by atoms with Crippen LogP contribution in [0.1, 0.15) is 26.3 Å². The van der Waals surface area contributed by atoms with Crippen LogP contribution in [0.5, 0.6) is 5.75 Å². The second-order valence-corrected chi connectivity index (χ2v) is 5.82. The standard InChI is InChI=1S/C14H20N2O3S/c1-14(2,3)19-13(17)16-10-6-5-9(7-12(15)20)11(8-10)18-4/h5-6,8H,7H2,1-4H3,(H2,15,20)(H,16,17). The smallest absolute Gasteiger partial charge is 0.412 e. The van der Waals surface area contributed by atoms with Gasteiger partial charge >= 0.3 is 6.09 Å². The molecule has 0 fully saturated rings. The zero-order valence-electron chi connectivity index (χ0n) is 12.1. The van der Waals surface area contributed by atoms with E-state index < -0.39 is 11.7 Å². The molecule has 0 bridgehead atoms. The van der Waals surface area contributed by atoms with Crippen LogP contribution in [-0.4, -0.2) is 23.8 Å². The van der Waals surface area contributed by atoms with E-state index in [-0.39, 0.29) is 0 Å². The van der Waals surface area contributed by atoms with Gasteiger partial charge in [-0.05, 0) is 26.8 Å². The summed E-state index contributed by atoms with van der Waals surface area (Å²) in [6.45, 7) is 5.41. The van der Waals surface area contributed by atoms with E-state index in [1.54, 1.807) is 40.0 Å². The Bertz CT molecular complexity index is 510. The number of hydrogen-bond donors (Lipinski definition) is 2. The molecule has 0 radical (unpaired) electrons. The fraction of sp³-hybridized carbons (Fsp3) is 0.429. The molecule has 0 heterocycles. The number of methoxy groups -OCH3 is 1. The molecule has 0 aromatic heterocycles. The third-order valence-corrected chi connectivity index (χ3v) is 2.44. The highest BCUT2D eigenvalue weighted by Gasteiger charge is 2.16. The first kappa shape index (κ1) is 16.2. The van der Waals surface area contributed by atoms with Crippen molar-refractivity contribution in [2.75, 3.05) is 12.4 Å². The molecule has 20 heavy (non-hydrogen) atoms. The van der Waals surface area contributed by atoms with Crippen molar-refractivity contribution in [3.05, 3.63) is 23.8 Å². The summed E-state index contributed by atoms with van der Waals surface area (Å²) in [4.78, 5) is 12.1. The number of nitrogens with two attached hydrogens (primary N) is 1. The monoisotopic (exact) mass is 296 g/mol. The highest BCUT2D eigenvalue weighted by molar-refractivity contribution is 7.80. The van der Waals surface area contributed by atoms with Crippen molar-refractivity contribution >= 4 is 29.0 Å². The number of rotatable bonds is 4. The van der Waals surface area contributed by atoms with Gasteiger partial charge in [-0.15, -0.1) is 0 Å². The summed E-state index contributed by atoms with van der Waals surface area (Å²) in [6, 6.07) is 5.27. The van der Waals surface area contributed by atoms with E-state index in [4.69, 9.17) is 27.4 Å². The maximum Gasteiger partial charge on any atom is 0.412 e. The van der Waals surface area contributed by atoms with E-state index >= 15 is 0 Å². The zero-order chi connectivity index (χ0) is 15.3. The van der Waals surface area contributed by atoms with Gasteiger partial charge in [-0.25, -0.2) is 4.79 Å². The zero-order valence-corrected chi connectivity index (χ0v) is 13.0. The Kier molecular flexibility index (Phi) is 5.33. The lowest BCUT2D eigenvalue weighted by molar-refractivity contribution is 0.0636. The number of ether oxygens (including phenoxy) is 2. The van der Waals surface area contributed by atoms with Gasteiger partial charge in [0.2, 0.25) is 0 Å². The van der Waals surface area contributed by atoms with E-state index in [0.717, 1.165) is 5.56 Å². The number of hydrogen-bond acceptors (Lipinski definition) is 4. The van der Waals surface area contributed by atoms with Gasteiger partial charge in [0.1, 0.15) is 11.4 Å². The molecule has 0 atom stereocenters. The Hall–Kier alpha value is -1.82. The van der Waals surface area contributed by atoms with Gasteiger partial charge in [0.15, 0.2) is 0 Å². The maximum atomic E-state index is 11.7. The fourth-order valence-electron chi connectivity index (χ4n) is 1.58. The van der Waals surface area contributed by atoms with Gasteiger partial charge in [0, 0.05) is 23.7 Å². The summed E-state index contributed by atoms with van der Waals surface area (Å²) in [7, 11) is 1.55. The lowest BCUT2D eigenvalue weighted by Crippen LogP contribution is -2.27. The van der Waals surface area contributed by atoms with Crippen LogP contribution in [0.3, 0.4) is 0 Å². The van der Waals surface area contributed by atoms with E-state index in [1.807, 2.05) is 6.07 Å². The van der Waals surface area contributed by atoms with Crippen LogP contribution >= 0.6 is 12.2 Å². The van der Waals surface area contributed by atoms with Gasteiger partial charge in [-0.3, -0.25) is 5.32 Å². The highest BCUT2D eigenvalue weighted by Crippen LogP contribution is 2.24. The first-order chi connectivity index (χ1) is 9.21. The van der Waals surface area contributed by atoms with Crippen molar-refractivity contribution in [2.24, 2.45) is 5.73 Å². The van der Waals surface area contributed by atoms with Crippen LogP contribution in [0, 0.1) is 0 Å². The lowest BCUT2D eigenvalue weighted by atomic mass is 10.1. The van der Waals surface area contributed by atoms with Crippen molar-refractivity contribution in [2.45, 2.75) is 32.8 Å². The van der Waals surface area contributed by atoms with Crippen LogP contribution in [0.25, 0.3) is 0 Å². The quantitative estimate of drug-likeness (QED) is 0.836. The van der Waals surface area contributed by atoms with E-state index in [2.05, 4.69) is 5.32 Å². The summed E-state index contributed by atoms with van der Waals surface area (Å²) in [6.07, 6.45) is -0.0627. The lowest BCUT2D eigenvalue weighted by Gasteiger charge is -2.20. The average Bonchev–Trinajstić information content (AvgIpc) is 2.27. The van der Waals surface area contributed by atoms with Crippen molar-refractivity contribution in [3.8, 4) is 5.75 Å². The molecule has 0 saturated heterocycles. The molecule has 5 nitrogen and oxygen atoms in total. The molecule has 0 aliphatic rings. The summed E-state index contributed by atoms with van der Waals surface area (Å²) in [5.74, 6) is 0.617. The van der Waals surface area contributed by atoms with Crippen LogP contribution in [0.2, 0.25) is 0 Å². The molecule has 3 N–H and O–H groups in total. The maximum absolute atomic E-state index is 11.7. The second kappa shape index (κ2) is 6.56. The van der Waals surface area contributed by atoms with Crippen LogP contribution in [0.15, 0.2) is 18.2 Å². The summed E-state index contributed by atoms with van der Waals surface area (Å²) in [5.41, 5.74) is 6.44. The predicted molar refractivity (Wildman–Crippen MR) is 83.3 cm³/mol. The van der Waals surface area contributed by atoms with Crippen molar-refractivity contribution in [1.29, 1.82) is 0 Å². The number of anilines is 1. The number of carbonyl (C=O) groups is 1. The first-order valence-corrected chi connectivity index (χ1v) is 6.57. The predicted octanol–water partition coefficient (Wildman–Crippen LogP) is 2.87. The van der Waals surface area contributed by atoms with Crippen molar-refractivity contribution < 1.29 is 14.3 Å². The summed E-state index contributed by atoms with van der Waals surface area (Å²) < 4.78 is 10.4. The normalized spacial score (nSPS) is 10.8. The topological polar surface area (TPSA) is 73.6 Å². The summed E-state index contributed by atoms with van der Waals surface area (Å²) in [5, 5.41) is 2.65. The number of amides is 1. The molecule has 1 aromatic rings. The Labute approximate surface area is 124 Å². The highest BCUT2D eigenvalue weighted by atomic mass is 32.1. The van der Waals surface area contributed by atoms with E-state index in [1.165, 1.54) is 0 Å². The van der Waals surface area contributed by atoms with E-state index in [0.29, 0.717) is 22.8 Å². The largest absolute Gasteiger partial charge is 0.496 e. The molecular weight excluding hydrogens is 276 g/mol. The molecule has 1 amide bonds. The van der Waals surface area contributed by atoms with Gasteiger partial charge in [0.05, 0.1) is 12.1 Å². The third-order valence-electron chi connectivity index (χ3n) is 2.30. The Morgan fingerprint density at radius 2 is 2.05 bits per heavy atom.